The van der Waals surface area contributed by atoms with E-state index in [-0.39, 0.29) is 4.69 Å². The molecular formula is C7H2BrI3O. The van der Waals surface area contributed by atoms with Crippen molar-refractivity contribution in [2.24, 2.45) is 0 Å². The number of halogens is 4. The van der Waals surface area contributed by atoms with E-state index in [1.807, 2.05) is 12.1 Å². The van der Waals surface area contributed by atoms with E-state index in [4.69, 9.17) is 0 Å². The summed E-state index contributed by atoms with van der Waals surface area (Å²) in [5.41, 5.74) is 0.736. The van der Waals surface area contributed by atoms with Crippen molar-refractivity contribution in [3.63, 3.8) is 0 Å². The van der Waals surface area contributed by atoms with E-state index in [1.165, 1.54) is 3.57 Å². The van der Waals surface area contributed by atoms with Crippen LogP contribution in [0.4, 0.5) is 0 Å². The van der Waals surface area contributed by atoms with Crippen molar-refractivity contribution in [2.45, 2.75) is 0 Å². The van der Waals surface area contributed by atoms with Crippen LogP contribution >= 0.6 is 83.7 Å². The second-order valence-corrected chi connectivity index (χ2v) is 6.04. The molecule has 0 saturated carbocycles. The highest BCUT2D eigenvalue weighted by Gasteiger charge is 2.10. The topological polar surface area (TPSA) is 17.1 Å². The van der Waals surface area contributed by atoms with Gasteiger partial charge in [-0.15, -0.1) is 0 Å². The van der Waals surface area contributed by atoms with Crippen molar-refractivity contribution in [1.82, 2.24) is 0 Å². The molecule has 0 spiro atoms. The molecule has 0 bridgehead atoms. The first-order valence-electron chi connectivity index (χ1n) is 2.87. The van der Waals surface area contributed by atoms with Crippen LogP contribution in [-0.2, 0) is 0 Å². The average Bonchev–Trinajstić information content (AvgIpc) is 2.00. The lowest BCUT2D eigenvalue weighted by atomic mass is 10.2. The van der Waals surface area contributed by atoms with Crippen molar-refractivity contribution in [3.05, 3.63) is 28.4 Å². The summed E-state index contributed by atoms with van der Waals surface area (Å²) in [4.78, 5) is 11.0. The highest BCUT2D eigenvalue weighted by atomic mass is 127. The average molecular weight is 563 g/mol. The lowest BCUT2D eigenvalue weighted by molar-refractivity contribution is 0.109. The van der Waals surface area contributed by atoms with Crippen LogP contribution in [0.15, 0.2) is 12.1 Å². The molecule has 64 valence electrons. The SMILES string of the molecule is O=C(Br)c1ccc(I)c(I)c1I. The molecule has 0 aliphatic rings. The fraction of sp³-hybridized carbons (Fsp3) is 0. The molecule has 0 unspecified atom stereocenters. The van der Waals surface area contributed by atoms with Crippen molar-refractivity contribution < 1.29 is 4.79 Å². The zero-order chi connectivity index (χ0) is 9.30. The monoisotopic (exact) mass is 562 g/mol. The van der Waals surface area contributed by atoms with Gasteiger partial charge in [0, 0.05) is 16.3 Å². The Hall–Kier alpha value is 1.56. The first-order valence-corrected chi connectivity index (χ1v) is 6.90. The molecule has 0 atom stereocenters. The molecule has 0 fully saturated rings. The number of carbonyl (C=O) groups excluding carboxylic acids is 1. The Kier molecular flexibility index (Phi) is 4.72. The van der Waals surface area contributed by atoms with E-state index in [2.05, 4.69) is 83.7 Å². The third-order valence-electron chi connectivity index (χ3n) is 1.25. The fourth-order valence-corrected chi connectivity index (χ4v) is 3.53. The van der Waals surface area contributed by atoms with Gasteiger partial charge in [-0.25, -0.2) is 0 Å². The summed E-state index contributed by atoms with van der Waals surface area (Å²) in [6.45, 7) is 0. The lowest BCUT2D eigenvalue weighted by Gasteiger charge is -2.03. The number of benzene rings is 1. The molecule has 0 heterocycles. The van der Waals surface area contributed by atoms with Gasteiger partial charge >= 0.3 is 0 Å². The summed E-state index contributed by atoms with van der Waals surface area (Å²) in [7, 11) is 0. The van der Waals surface area contributed by atoms with Gasteiger partial charge in [0.1, 0.15) is 0 Å². The van der Waals surface area contributed by atoms with E-state index >= 15 is 0 Å². The molecule has 1 aromatic carbocycles. The zero-order valence-corrected chi connectivity index (χ0v) is 13.6. The first-order chi connectivity index (χ1) is 5.54. The first kappa shape index (κ1) is 11.6. The van der Waals surface area contributed by atoms with Gasteiger partial charge in [-0.1, -0.05) is 0 Å². The predicted molar refractivity (Wildman–Crippen MR) is 77.9 cm³/mol. The van der Waals surface area contributed by atoms with Gasteiger partial charge in [-0.2, -0.15) is 0 Å². The molecule has 0 radical (unpaired) electrons. The highest BCUT2D eigenvalue weighted by molar-refractivity contribution is 14.1. The Morgan fingerprint density at radius 3 is 2.25 bits per heavy atom. The van der Waals surface area contributed by atoms with E-state index < -0.39 is 0 Å². The number of carbonyl (C=O) groups is 1. The Balaban J connectivity index is 3.36. The minimum atomic E-state index is -0.0544. The third-order valence-corrected chi connectivity index (χ3v) is 6.88. The van der Waals surface area contributed by atoms with E-state index in [1.54, 1.807) is 0 Å². The Labute approximate surface area is 120 Å². The normalized spacial score (nSPS) is 10.0. The number of rotatable bonds is 1. The molecule has 0 aliphatic heterocycles. The summed E-state index contributed by atoms with van der Waals surface area (Å²) in [6, 6.07) is 3.78. The highest BCUT2D eigenvalue weighted by Crippen LogP contribution is 2.25. The summed E-state index contributed by atoms with van der Waals surface area (Å²) in [5.74, 6) is 0. The molecule has 0 aromatic heterocycles. The Bertz CT molecular complexity index is 338. The van der Waals surface area contributed by atoms with Crippen LogP contribution in [0, 0.1) is 10.7 Å². The van der Waals surface area contributed by atoms with Gasteiger partial charge in [0.05, 0.1) is 0 Å². The van der Waals surface area contributed by atoms with Crippen LogP contribution in [0.25, 0.3) is 0 Å². The van der Waals surface area contributed by atoms with Gasteiger partial charge in [-0.05, 0) is 95.8 Å². The summed E-state index contributed by atoms with van der Waals surface area (Å²) in [5, 5.41) is 0. The van der Waals surface area contributed by atoms with Gasteiger partial charge in [0.25, 0.3) is 0 Å². The molecule has 1 aromatic rings. The van der Waals surface area contributed by atoms with Crippen molar-refractivity contribution >= 4 is 88.4 Å². The van der Waals surface area contributed by atoms with Crippen molar-refractivity contribution in [3.8, 4) is 0 Å². The van der Waals surface area contributed by atoms with Crippen LogP contribution in [-0.4, -0.2) is 4.69 Å². The van der Waals surface area contributed by atoms with Crippen LogP contribution in [0.2, 0.25) is 0 Å². The van der Waals surface area contributed by atoms with Crippen molar-refractivity contribution in [1.29, 1.82) is 0 Å². The Morgan fingerprint density at radius 1 is 1.17 bits per heavy atom. The molecule has 1 nitrogen and oxygen atoms in total. The van der Waals surface area contributed by atoms with Crippen LogP contribution < -0.4 is 0 Å². The van der Waals surface area contributed by atoms with E-state index in [0.717, 1.165) is 12.7 Å². The van der Waals surface area contributed by atoms with E-state index in [9.17, 15) is 4.79 Å². The quantitative estimate of drug-likeness (QED) is 0.287. The molecule has 1 rings (SSSR count). The van der Waals surface area contributed by atoms with Gasteiger partial charge in [0.15, 0.2) is 0 Å². The minimum absolute atomic E-state index is 0.0544. The maximum atomic E-state index is 11.0. The second-order valence-electron chi connectivity index (χ2n) is 2.00. The van der Waals surface area contributed by atoms with Crippen molar-refractivity contribution in [2.75, 3.05) is 0 Å². The summed E-state index contributed by atoms with van der Waals surface area (Å²) < 4.78 is 3.28. The standard InChI is InChI=1S/C7H2BrI3O/c8-7(12)3-1-2-4(9)6(11)5(3)10/h1-2H. The predicted octanol–water partition coefficient (Wildman–Crippen LogP) is 4.04. The van der Waals surface area contributed by atoms with E-state index in [0.29, 0.717) is 0 Å². The molecule has 0 saturated heterocycles. The number of hydrogen-bond acceptors (Lipinski definition) is 1. The molecule has 5 heteroatoms. The zero-order valence-electron chi connectivity index (χ0n) is 5.57. The molecule has 0 N–H and O–H groups in total. The third kappa shape index (κ3) is 2.53. The largest absolute Gasteiger partial charge is 0.281 e. The second kappa shape index (κ2) is 4.87. The fourth-order valence-electron chi connectivity index (χ4n) is 0.678. The smallest absolute Gasteiger partial charge is 0.229 e. The summed E-state index contributed by atoms with van der Waals surface area (Å²) >= 11 is 9.62. The van der Waals surface area contributed by atoms with Crippen LogP contribution in [0.3, 0.4) is 0 Å². The number of hydrogen-bond donors (Lipinski definition) is 0. The maximum absolute atomic E-state index is 11.0. The molecule has 0 amide bonds. The maximum Gasteiger partial charge on any atom is 0.229 e. The van der Waals surface area contributed by atoms with Gasteiger partial charge in [0.2, 0.25) is 4.69 Å². The van der Waals surface area contributed by atoms with Gasteiger partial charge < -0.3 is 0 Å². The Morgan fingerprint density at radius 2 is 1.75 bits per heavy atom. The molecular weight excluding hydrogens is 561 g/mol. The molecule has 0 aliphatic carbocycles. The van der Waals surface area contributed by atoms with Gasteiger partial charge in [-0.3, -0.25) is 4.79 Å². The molecule has 12 heavy (non-hydrogen) atoms. The van der Waals surface area contributed by atoms with Crippen LogP contribution in [0.5, 0.6) is 0 Å². The lowest BCUT2D eigenvalue weighted by Crippen LogP contribution is -1.96. The van der Waals surface area contributed by atoms with Crippen LogP contribution in [0.1, 0.15) is 10.4 Å². The minimum Gasteiger partial charge on any atom is -0.281 e. The summed E-state index contributed by atoms with van der Waals surface area (Å²) in [6.07, 6.45) is 0.